The number of thiophene rings is 1. The minimum atomic E-state index is -0.388. The molecular formula is C13H11FO3S. The van der Waals surface area contributed by atoms with E-state index in [2.05, 4.69) is 4.74 Å². The summed E-state index contributed by atoms with van der Waals surface area (Å²) < 4.78 is 23.0. The maximum Gasteiger partial charge on any atom is 0.348 e. The first-order valence-electron chi connectivity index (χ1n) is 5.23. The number of hydrogen-bond acceptors (Lipinski definition) is 4. The summed E-state index contributed by atoms with van der Waals surface area (Å²) in [4.78, 5) is 11.7. The van der Waals surface area contributed by atoms with Crippen molar-refractivity contribution >= 4 is 17.3 Å². The van der Waals surface area contributed by atoms with Gasteiger partial charge in [-0.2, -0.15) is 0 Å². The predicted octanol–water partition coefficient (Wildman–Crippen LogP) is 3.25. The number of carbonyl (C=O) groups is 1. The molecule has 0 amide bonds. The number of halogens is 1. The SMILES string of the molecule is COC(=O)c1cc(OCc2cccc(F)c2)cs1. The van der Waals surface area contributed by atoms with Crippen LogP contribution in [0, 0.1) is 5.82 Å². The monoisotopic (exact) mass is 266 g/mol. The lowest BCUT2D eigenvalue weighted by Crippen LogP contribution is -1.98. The van der Waals surface area contributed by atoms with Crippen molar-refractivity contribution in [3.8, 4) is 5.75 Å². The molecule has 0 aliphatic heterocycles. The van der Waals surface area contributed by atoms with Gasteiger partial charge in [-0.05, 0) is 17.7 Å². The maximum absolute atomic E-state index is 12.9. The number of methoxy groups -OCH3 is 1. The average Bonchev–Trinajstić information content (AvgIpc) is 2.84. The van der Waals surface area contributed by atoms with Crippen LogP contribution in [0.25, 0.3) is 0 Å². The van der Waals surface area contributed by atoms with Gasteiger partial charge in [-0.1, -0.05) is 12.1 Å². The zero-order valence-corrected chi connectivity index (χ0v) is 10.5. The number of benzene rings is 1. The normalized spacial score (nSPS) is 10.1. The molecule has 3 nitrogen and oxygen atoms in total. The van der Waals surface area contributed by atoms with E-state index >= 15 is 0 Å². The van der Waals surface area contributed by atoms with E-state index in [-0.39, 0.29) is 18.4 Å². The van der Waals surface area contributed by atoms with E-state index < -0.39 is 0 Å². The van der Waals surface area contributed by atoms with Crippen molar-refractivity contribution in [3.05, 3.63) is 52.0 Å². The third-order valence-corrected chi connectivity index (χ3v) is 3.15. The Balaban J connectivity index is 1.98. The van der Waals surface area contributed by atoms with Gasteiger partial charge in [0.05, 0.1) is 7.11 Å². The van der Waals surface area contributed by atoms with Gasteiger partial charge < -0.3 is 9.47 Å². The fraction of sp³-hybridized carbons (Fsp3) is 0.154. The van der Waals surface area contributed by atoms with Crippen LogP contribution in [0.1, 0.15) is 15.2 Å². The van der Waals surface area contributed by atoms with Crippen molar-refractivity contribution in [3.63, 3.8) is 0 Å². The molecule has 0 unspecified atom stereocenters. The molecule has 0 saturated heterocycles. The molecule has 0 saturated carbocycles. The van der Waals surface area contributed by atoms with Crippen LogP contribution in [0.4, 0.5) is 4.39 Å². The smallest absolute Gasteiger partial charge is 0.348 e. The van der Waals surface area contributed by atoms with Crippen LogP contribution in [-0.4, -0.2) is 13.1 Å². The lowest BCUT2D eigenvalue weighted by molar-refractivity contribution is 0.0606. The molecule has 0 fully saturated rings. The van der Waals surface area contributed by atoms with Crippen LogP contribution >= 0.6 is 11.3 Å². The molecule has 2 rings (SSSR count). The Morgan fingerprint density at radius 3 is 2.94 bits per heavy atom. The van der Waals surface area contributed by atoms with Crippen LogP contribution in [-0.2, 0) is 11.3 Å². The Morgan fingerprint density at radius 1 is 1.39 bits per heavy atom. The maximum atomic E-state index is 12.9. The zero-order valence-electron chi connectivity index (χ0n) is 9.68. The van der Waals surface area contributed by atoms with Crippen molar-refractivity contribution in [2.75, 3.05) is 7.11 Å². The molecule has 0 N–H and O–H groups in total. The molecule has 0 bridgehead atoms. The fourth-order valence-electron chi connectivity index (χ4n) is 1.40. The first kappa shape index (κ1) is 12.6. The summed E-state index contributed by atoms with van der Waals surface area (Å²) in [5.74, 6) is -0.109. The Labute approximate surface area is 108 Å². The van der Waals surface area contributed by atoms with Crippen molar-refractivity contribution in [2.45, 2.75) is 6.61 Å². The van der Waals surface area contributed by atoms with Crippen molar-refractivity contribution in [1.82, 2.24) is 0 Å². The predicted molar refractivity (Wildman–Crippen MR) is 66.4 cm³/mol. The average molecular weight is 266 g/mol. The number of ether oxygens (including phenoxy) is 2. The molecule has 18 heavy (non-hydrogen) atoms. The molecule has 2 aromatic rings. The summed E-state index contributed by atoms with van der Waals surface area (Å²) in [5, 5.41) is 1.71. The summed E-state index contributed by atoms with van der Waals surface area (Å²) in [7, 11) is 1.33. The third kappa shape index (κ3) is 3.07. The Kier molecular flexibility index (Phi) is 3.94. The number of rotatable bonds is 4. The van der Waals surface area contributed by atoms with E-state index in [9.17, 15) is 9.18 Å². The van der Waals surface area contributed by atoms with Gasteiger partial charge >= 0.3 is 5.97 Å². The number of esters is 1. The highest BCUT2D eigenvalue weighted by atomic mass is 32.1. The van der Waals surface area contributed by atoms with Gasteiger partial charge in [0.1, 0.15) is 23.1 Å². The van der Waals surface area contributed by atoms with Gasteiger partial charge in [0.25, 0.3) is 0 Å². The molecule has 1 aromatic carbocycles. The van der Waals surface area contributed by atoms with Gasteiger partial charge in [0, 0.05) is 11.4 Å². The van der Waals surface area contributed by atoms with Crippen LogP contribution < -0.4 is 4.74 Å². The van der Waals surface area contributed by atoms with Crippen molar-refractivity contribution in [2.24, 2.45) is 0 Å². The Bertz CT molecular complexity index is 551. The topological polar surface area (TPSA) is 35.5 Å². The Hall–Kier alpha value is -1.88. The highest BCUT2D eigenvalue weighted by molar-refractivity contribution is 7.12. The van der Waals surface area contributed by atoms with E-state index in [4.69, 9.17) is 4.74 Å². The highest BCUT2D eigenvalue weighted by Crippen LogP contribution is 2.23. The van der Waals surface area contributed by atoms with Crippen molar-refractivity contribution < 1.29 is 18.7 Å². The van der Waals surface area contributed by atoms with Crippen LogP contribution in [0.15, 0.2) is 35.7 Å². The molecule has 0 atom stereocenters. The molecule has 0 radical (unpaired) electrons. The molecule has 5 heteroatoms. The lowest BCUT2D eigenvalue weighted by Gasteiger charge is -2.03. The molecule has 0 spiro atoms. The van der Waals surface area contributed by atoms with E-state index in [0.29, 0.717) is 10.6 Å². The zero-order chi connectivity index (χ0) is 13.0. The molecule has 1 heterocycles. The second kappa shape index (κ2) is 5.64. The van der Waals surface area contributed by atoms with Gasteiger partial charge in [0.15, 0.2) is 0 Å². The second-order valence-electron chi connectivity index (χ2n) is 3.56. The number of carbonyl (C=O) groups excluding carboxylic acids is 1. The largest absolute Gasteiger partial charge is 0.488 e. The second-order valence-corrected chi connectivity index (χ2v) is 4.47. The summed E-state index contributed by atoms with van der Waals surface area (Å²) in [6.07, 6.45) is 0. The Morgan fingerprint density at radius 2 is 2.22 bits per heavy atom. The minimum Gasteiger partial charge on any atom is -0.488 e. The molecule has 94 valence electrons. The summed E-state index contributed by atoms with van der Waals surface area (Å²) in [5.41, 5.74) is 0.737. The quantitative estimate of drug-likeness (QED) is 0.797. The summed E-state index contributed by atoms with van der Waals surface area (Å²) in [6.45, 7) is 0.259. The van der Waals surface area contributed by atoms with E-state index in [1.54, 1.807) is 23.6 Å². The van der Waals surface area contributed by atoms with Crippen LogP contribution in [0.3, 0.4) is 0 Å². The van der Waals surface area contributed by atoms with Gasteiger partial charge in [-0.3, -0.25) is 0 Å². The molecule has 0 aliphatic rings. The van der Waals surface area contributed by atoms with E-state index in [0.717, 1.165) is 5.56 Å². The minimum absolute atomic E-state index is 0.259. The summed E-state index contributed by atoms with van der Waals surface area (Å²) in [6, 6.07) is 7.80. The van der Waals surface area contributed by atoms with Gasteiger partial charge in [-0.25, -0.2) is 9.18 Å². The highest BCUT2D eigenvalue weighted by Gasteiger charge is 2.09. The van der Waals surface area contributed by atoms with Gasteiger partial charge in [-0.15, -0.1) is 11.3 Å². The van der Waals surface area contributed by atoms with E-state index in [1.165, 1.54) is 30.6 Å². The first-order chi connectivity index (χ1) is 8.69. The lowest BCUT2D eigenvalue weighted by atomic mass is 10.2. The summed E-state index contributed by atoms with van der Waals surface area (Å²) >= 11 is 1.25. The van der Waals surface area contributed by atoms with Crippen LogP contribution in [0.5, 0.6) is 5.75 Å². The first-order valence-corrected chi connectivity index (χ1v) is 6.11. The fourth-order valence-corrected chi connectivity index (χ4v) is 2.14. The number of hydrogen-bond donors (Lipinski definition) is 0. The molecule has 1 aromatic heterocycles. The third-order valence-electron chi connectivity index (χ3n) is 2.26. The van der Waals surface area contributed by atoms with Gasteiger partial charge in [0.2, 0.25) is 0 Å². The standard InChI is InChI=1S/C13H11FO3S/c1-16-13(15)12-6-11(8-18-12)17-7-9-3-2-4-10(14)5-9/h2-6,8H,7H2,1H3. The van der Waals surface area contributed by atoms with Crippen LogP contribution in [0.2, 0.25) is 0 Å². The van der Waals surface area contributed by atoms with E-state index in [1.807, 2.05) is 0 Å². The molecular weight excluding hydrogens is 255 g/mol. The van der Waals surface area contributed by atoms with Crippen molar-refractivity contribution in [1.29, 1.82) is 0 Å². The molecule has 0 aliphatic carbocycles.